The molecule has 150 valence electrons. The van der Waals surface area contributed by atoms with E-state index < -0.39 is 13.3 Å². The molecule has 0 bridgehead atoms. The van der Waals surface area contributed by atoms with Crippen LogP contribution in [0, 0.1) is 0 Å². The fraction of sp³-hybridized carbons (Fsp3) is 0.933. The molecule has 1 aliphatic rings. The van der Waals surface area contributed by atoms with Crippen molar-refractivity contribution in [2.75, 3.05) is 54.0 Å². The molecular weight excluding hydrogens is 352 g/mol. The molecule has 0 aromatic heterocycles. The van der Waals surface area contributed by atoms with Gasteiger partial charge in [-0.25, -0.2) is 9.34 Å². The van der Waals surface area contributed by atoms with Crippen LogP contribution in [-0.4, -0.2) is 84.8 Å². The number of halogens is 1. The first kappa shape index (κ1) is 24.4. The molecule has 0 spiro atoms. The number of methoxy groups -OCH3 is 1. The van der Waals surface area contributed by atoms with E-state index in [0.717, 1.165) is 0 Å². The average Bonchev–Trinajstić information content (AvgIpc) is 2.58. The third kappa shape index (κ3) is 8.57. The summed E-state index contributed by atoms with van der Waals surface area (Å²) in [6.07, 6.45) is 1.15. The van der Waals surface area contributed by atoms with Crippen LogP contribution in [0.4, 0.5) is 4.53 Å². The molecule has 1 rings (SSSR count). The number of ether oxygens (including phenoxy) is 1. The highest BCUT2D eigenvalue weighted by Gasteiger charge is 2.38. The molecule has 0 saturated carbocycles. The number of carbonyl (C=O) groups is 1. The van der Waals surface area contributed by atoms with Crippen molar-refractivity contribution in [2.45, 2.75) is 39.2 Å². The lowest BCUT2D eigenvalue weighted by atomic mass is 10.1. The number of hydrogen-bond acceptors (Lipinski definition) is 5. The van der Waals surface area contributed by atoms with E-state index in [1.165, 1.54) is 23.4 Å². The summed E-state index contributed by atoms with van der Waals surface area (Å²) in [4.78, 5) is 13.1. The second kappa shape index (κ2) is 11.2. The van der Waals surface area contributed by atoms with Crippen molar-refractivity contribution in [3.05, 3.63) is 0 Å². The first-order valence-electron chi connectivity index (χ1n) is 8.34. The molecule has 1 heterocycles. The Morgan fingerprint density at radius 1 is 1.28 bits per heavy atom. The van der Waals surface area contributed by atoms with Crippen molar-refractivity contribution in [3.8, 4) is 0 Å². The van der Waals surface area contributed by atoms with Gasteiger partial charge in [-0.1, -0.05) is 6.92 Å². The molecule has 1 amide bonds. The van der Waals surface area contributed by atoms with E-state index in [0.29, 0.717) is 45.6 Å². The van der Waals surface area contributed by atoms with Crippen molar-refractivity contribution in [1.82, 2.24) is 14.2 Å². The zero-order valence-electron chi connectivity index (χ0n) is 16.2. The SMILES string of the molecule is CCC(=O)N1CCN(P(=O)(OF)N(C)C)CC1.COCCC(C)(C)O. The van der Waals surface area contributed by atoms with E-state index in [9.17, 15) is 13.9 Å². The van der Waals surface area contributed by atoms with Crippen LogP contribution in [0.25, 0.3) is 0 Å². The second-order valence-corrected chi connectivity index (χ2v) is 9.13. The molecule has 1 saturated heterocycles. The Hall–Kier alpha value is -0.570. The first-order valence-corrected chi connectivity index (χ1v) is 9.87. The number of piperazine rings is 1. The molecule has 0 radical (unpaired) electrons. The van der Waals surface area contributed by atoms with Crippen LogP contribution in [0.1, 0.15) is 33.6 Å². The van der Waals surface area contributed by atoms with Gasteiger partial charge in [-0.05, 0) is 38.9 Å². The van der Waals surface area contributed by atoms with Crippen molar-refractivity contribution in [3.63, 3.8) is 0 Å². The van der Waals surface area contributed by atoms with E-state index in [1.807, 2.05) is 0 Å². The number of amides is 1. The zero-order valence-corrected chi connectivity index (χ0v) is 17.1. The number of carbonyl (C=O) groups excluding carboxylic acids is 1. The molecule has 1 fully saturated rings. The Bertz CT molecular complexity index is 437. The van der Waals surface area contributed by atoms with Crippen LogP contribution >= 0.6 is 7.67 Å². The van der Waals surface area contributed by atoms with Gasteiger partial charge in [0.15, 0.2) is 0 Å². The molecule has 10 heteroatoms. The van der Waals surface area contributed by atoms with E-state index >= 15 is 0 Å². The second-order valence-electron chi connectivity index (χ2n) is 6.65. The molecule has 1 aliphatic heterocycles. The maximum absolute atomic E-state index is 12.5. The minimum absolute atomic E-state index is 0.0607. The summed E-state index contributed by atoms with van der Waals surface area (Å²) in [7, 11) is 1.09. The lowest BCUT2D eigenvalue weighted by Gasteiger charge is -2.38. The van der Waals surface area contributed by atoms with Gasteiger partial charge in [0.05, 0.1) is 5.60 Å². The van der Waals surface area contributed by atoms with E-state index in [2.05, 4.69) is 4.73 Å². The number of rotatable bonds is 7. The summed E-state index contributed by atoms with van der Waals surface area (Å²) in [6.45, 7) is 7.57. The van der Waals surface area contributed by atoms with Gasteiger partial charge >= 0.3 is 7.67 Å². The maximum atomic E-state index is 12.5. The summed E-state index contributed by atoms with van der Waals surface area (Å²) in [5.74, 6) is 0.0607. The fourth-order valence-electron chi connectivity index (χ4n) is 2.13. The minimum Gasteiger partial charge on any atom is -0.390 e. The summed E-state index contributed by atoms with van der Waals surface area (Å²) in [6, 6.07) is 0. The summed E-state index contributed by atoms with van der Waals surface area (Å²) < 4.78 is 35.7. The first-order chi connectivity index (χ1) is 11.5. The number of hydrogen-bond donors (Lipinski definition) is 1. The van der Waals surface area contributed by atoms with Gasteiger partial charge in [0.1, 0.15) is 0 Å². The topological polar surface area (TPSA) is 82.6 Å². The van der Waals surface area contributed by atoms with Crippen molar-refractivity contribution in [1.29, 1.82) is 0 Å². The summed E-state index contributed by atoms with van der Waals surface area (Å²) in [5, 5.41) is 9.07. The van der Waals surface area contributed by atoms with Gasteiger partial charge < -0.3 is 14.7 Å². The third-order valence-corrected chi connectivity index (χ3v) is 6.09. The van der Waals surface area contributed by atoms with Crippen LogP contribution in [0.2, 0.25) is 0 Å². The lowest BCUT2D eigenvalue weighted by molar-refractivity contribution is -0.132. The minimum atomic E-state index is -3.55. The Morgan fingerprint density at radius 2 is 1.80 bits per heavy atom. The maximum Gasteiger partial charge on any atom is 0.378 e. The molecule has 0 aliphatic carbocycles. The van der Waals surface area contributed by atoms with Gasteiger partial charge in [0.25, 0.3) is 0 Å². The largest absolute Gasteiger partial charge is 0.390 e. The van der Waals surface area contributed by atoms with Crippen molar-refractivity contribution >= 4 is 13.6 Å². The van der Waals surface area contributed by atoms with Crippen LogP contribution in [-0.2, 0) is 18.8 Å². The van der Waals surface area contributed by atoms with Gasteiger partial charge in [0.2, 0.25) is 5.91 Å². The summed E-state index contributed by atoms with van der Waals surface area (Å²) in [5.41, 5.74) is -0.573. The van der Waals surface area contributed by atoms with Gasteiger partial charge in [-0.3, -0.25) is 9.36 Å². The standard InChI is InChI=1S/C9H19FN3O3P.C6H14O2/c1-4-9(14)12-5-7-13(8-6-12)17(15,16-10)11(2)3;1-6(2,7)4-5-8-3/h4-8H2,1-3H3;7H,4-5H2,1-3H3. The predicted molar refractivity (Wildman–Crippen MR) is 94.7 cm³/mol. The zero-order chi connectivity index (χ0) is 19.7. The highest BCUT2D eigenvalue weighted by atomic mass is 31.2. The number of nitrogens with zero attached hydrogens (tertiary/aromatic N) is 3. The predicted octanol–water partition coefficient (Wildman–Crippen LogP) is 1.91. The van der Waals surface area contributed by atoms with E-state index in [-0.39, 0.29) is 5.91 Å². The smallest absolute Gasteiger partial charge is 0.378 e. The van der Waals surface area contributed by atoms with Gasteiger partial charge in [-0.2, -0.15) is 0 Å². The Kier molecular flexibility index (Phi) is 11.0. The summed E-state index contributed by atoms with van der Waals surface area (Å²) >= 11 is 0. The molecule has 25 heavy (non-hydrogen) atoms. The monoisotopic (exact) mass is 385 g/mol. The van der Waals surface area contributed by atoms with E-state index in [4.69, 9.17) is 9.84 Å². The molecule has 8 nitrogen and oxygen atoms in total. The third-order valence-electron chi connectivity index (χ3n) is 3.78. The van der Waals surface area contributed by atoms with E-state index in [1.54, 1.807) is 32.8 Å². The normalized spacial score (nSPS) is 18.5. The molecule has 1 unspecified atom stereocenters. The van der Waals surface area contributed by atoms with Crippen LogP contribution in [0.15, 0.2) is 0 Å². The molecule has 1 N–H and O–H groups in total. The Balaban J connectivity index is 0.000000609. The Morgan fingerprint density at radius 3 is 2.08 bits per heavy atom. The van der Waals surface area contributed by atoms with Gasteiger partial charge in [-0.15, -0.1) is 4.73 Å². The van der Waals surface area contributed by atoms with Gasteiger partial charge in [0, 0.05) is 46.3 Å². The molecule has 1 atom stereocenters. The molecule has 0 aromatic rings. The Labute approximate surface area is 150 Å². The van der Waals surface area contributed by atoms with Crippen molar-refractivity contribution in [2.24, 2.45) is 0 Å². The number of aliphatic hydroxyl groups is 1. The highest BCUT2D eigenvalue weighted by molar-refractivity contribution is 7.53. The van der Waals surface area contributed by atoms with Crippen molar-refractivity contribution < 1.29 is 28.5 Å². The molecule has 0 aromatic carbocycles. The molecular formula is C15H33FN3O5P. The lowest BCUT2D eigenvalue weighted by Crippen LogP contribution is -2.48. The quantitative estimate of drug-likeness (QED) is 0.670. The fourth-order valence-corrected chi connectivity index (χ4v) is 3.53. The van der Waals surface area contributed by atoms with Crippen LogP contribution in [0.5, 0.6) is 0 Å². The highest BCUT2D eigenvalue weighted by Crippen LogP contribution is 2.52. The van der Waals surface area contributed by atoms with Crippen LogP contribution in [0.3, 0.4) is 0 Å². The average molecular weight is 385 g/mol. The van der Waals surface area contributed by atoms with Crippen LogP contribution < -0.4 is 0 Å².